The molecule has 0 aliphatic heterocycles. The number of hydrogen-bond donors (Lipinski definition) is 1. The Morgan fingerprint density at radius 2 is 1.46 bits per heavy atom. The van der Waals surface area contributed by atoms with Crippen LogP contribution in [0, 0.1) is 5.82 Å². The Bertz CT molecular complexity index is 1130. The summed E-state index contributed by atoms with van der Waals surface area (Å²) in [5.74, 6) is -0.603. The van der Waals surface area contributed by atoms with Gasteiger partial charge in [-0.25, -0.2) is 12.8 Å². The van der Waals surface area contributed by atoms with Crippen LogP contribution in [0.25, 0.3) is 11.6 Å². The van der Waals surface area contributed by atoms with Crippen molar-refractivity contribution in [1.82, 2.24) is 0 Å². The molecule has 3 aromatic rings. The first kappa shape index (κ1) is 18.4. The number of benzene rings is 3. The number of rotatable bonds is 3. The number of sulfonamides is 1. The molecular formula is C23H20FNO2S. The molecule has 0 fully saturated rings. The third kappa shape index (κ3) is 3.85. The van der Waals surface area contributed by atoms with Crippen LogP contribution in [0.3, 0.4) is 0 Å². The van der Waals surface area contributed by atoms with E-state index in [4.69, 9.17) is 0 Å². The average molecular weight is 393 g/mol. The van der Waals surface area contributed by atoms with Crippen LogP contribution in [-0.4, -0.2) is 14.7 Å². The van der Waals surface area contributed by atoms with Gasteiger partial charge in [0.1, 0.15) is 5.82 Å². The van der Waals surface area contributed by atoms with Gasteiger partial charge in [0.05, 0.1) is 11.9 Å². The van der Waals surface area contributed by atoms with Gasteiger partial charge in [0, 0.05) is 0 Å². The third-order valence-electron chi connectivity index (χ3n) is 4.88. The Labute approximate surface area is 164 Å². The number of fused-ring (bicyclic) bond motifs is 2. The fourth-order valence-electron chi connectivity index (χ4n) is 3.65. The van der Waals surface area contributed by atoms with Crippen LogP contribution in [-0.2, 0) is 22.9 Å². The van der Waals surface area contributed by atoms with E-state index in [2.05, 4.69) is 29.0 Å². The number of hydrogen-bond acceptors (Lipinski definition) is 2. The molecule has 0 spiro atoms. The van der Waals surface area contributed by atoms with E-state index in [0.717, 1.165) is 41.4 Å². The summed E-state index contributed by atoms with van der Waals surface area (Å²) in [5.41, 5.74) is 6.56. The Hall–Kier alpha value is -2.92. The fourth-order valence-corrected chi connectivity index (χ4v) is 4.21. The molecule has 0 saturated carbocycles. The zero-order valence-electron chi connectivity index (χ0n) is 15.4. The minimum Gasteiger partial charge on any atom is -0.281 e. The SMILES string of the molecule is CS(=O)(=O)Nc1cc(C=C2c3ccccc3CCc3ccccc32)ccc1F. The standard InChI is InChI=1S/C23H20FNO2S/c1-28(26,27)25-23-15-16(10-13-22(23)24)14-21-19-8-4-2-6-17(19)11-12-18-7-3-5-9-20(18)21/h2-10,13-15,25H,11-12H2,1H3. The first-order valence-electron chi connectivity index (χ1n) is 9.06. The average Bonchev–Trinajstić information content (AvgIpc) is 2.81. The molecule has 0 amide bonds. The topological polar surface area (TPSA) is 46.2 Å². The van der Waals surface area contributed by atoms with E-state index in [1.54, 1.807) is 6.07 Å². The third-order valence-corrected chi connectivity index (χ3v) is 5.47. The van der Waals surface area contributed by atoms with Crippen LogP contribution >= 0.6 is 0 Å². The van der Waals surface area contributed by atoms with E-state index < -0.39 is 15.8 Å². The van der Waals surface area contributed by atoms with Crippen LogP contribution in [0.2, 0.25) is 0 Å². The van der Waals surface area contributed by atoms with Gasteiger partial charge in [0.15, 0.2) is 0 Å². The Kier molecular flexibility index (Phi) is 4.77. The molecule has 5 heteroatoms. The predicted octanol–water partition coefficient (Wildman–Crippen LogP) is 4.88. The van der Waals surface area contributed by atoms with Crippen molar-refractivity contribution < 1.29 is 12.8 Å². The fraction of sp³-hybridized carbons (Fsp3) is 0.130. The van der Waals surface area contributed by atoms with E-state index in [1.165, 1.54) is 23.3 Å². The predicted molar refractivity (Wildman–Crippen MR) is 112 cm³/mol. The van der Waals surface area contributed by atoms with Gasteiger partial charge in [-0.1, -0.05) is 54.6 Å². The van der Waals surface area contributed by atoms with Gasteiger partial charge in [-0.05, 0) is 64.4 Å². The molecule has 142 valence electrons. The molecule has 1 aliphatic rings. The summed E-state index contributed by atoms with van der Waals surface area (Å²) in [6, 6.07) is 21.1. The minimum atomic E-state index is -3.56. The summed E-state index contributed by atoms with van der Waals surface area (Å²) in [6.07, 6.45) is 4.91. The smallest absolute Gasteiger partial charge is 0.229 e. The lowest BCUT2D eigenvalue weighted by Crippen LogP contribution is -2.10. The molecule has 3 aromatic carbocycles. The first-order valence-corrected chi connectivity index (χ1v) is 11.0. The molecule has 3 nitrogen and oxygen atoms in total. The number of halogens is 1. The van der Waals surface area contributed by atoms with E-state index in [-0.39, 0.29) is 5.69 Å². The van der Waals surface area contributed by atoms with Crippen molar-refractivity contribution in [2.24, 2.45) is 0 Å². The Morgan fingerprint density at radius 1 is 0.893 bits per heavy atom. The highest BCUT2D eigenvalue weighted by atomic mass is 32.2. The lowest BCUT2D eigenvalue weighted by atomic mass is 9.92. The lowest BCUT2D eigenvalue weighted by molar-refractivity contribution is 0.603. The van der Waals surface area contributed by atoms with Crippen LogP contribution in [0.5, 0.6) is 0 Å². The summed E-state index contributed by atoms with van der Waals surface area (Å²) in [4.78, 5) is 0. The molecule has 0 atom stereocenters. The summed E-state index contributed by atoms with van der Waals surface area (Å²) < 4.78 is 39.4. The molecule has 0 heterocycles. The van der Waals surface area contributed by atoms with Gasteiger partial charge in [-0.2, -0.15) is 0 Å². The number of nitrogens with one attached hydrogen (secondary N) is 1. The zero-order valence-corrected chi connectivity index (χ0v) is 16.3. The van der Waals surface area contributed by atoms with E-state index >= 15 is 0 Å². The highest BCUT2D eigenvalue weighted by Crippen LogP contribution is 2.35. The maximum Gasteiger partial charge on any atom is 0.229 e. The second kappa shape index (κ2) is 7.24. The zero-order chi connectivity index (χ0) is 19.7. The van der Waals surface area contributed by atoms with Crippen LogP contribution in [0.4, 0.5) is 10.1 Å². The van der Waals surface area contributed by atoms with Crippen molar-refractivity contribution in [3.8, 4) is 0 Å². The molecule has 0 unspecified atom stereocenters. The van der Waals surface area contributed by atoms with Crippen molar-refractivity contribution in [3.05, 3.63) is 100 Å². The van der Waals surface area contributed by atoms with Crippen LogP contribution < -0.4 is 4.72 Å². The molecule has 0 saturated heterocycles. The van der Waals surface area contributed by atoms with E-state index in [9.17, 15) is 12.8 Å². The molecule has 1 aliphatic carbocycles. The normalized spacial score (nSPS) is 13.3. The van der Waals surface area contributed by atoms with Gasteiger partial charge < -0.3 is 0 Å². The molecule has 0 bridgehead atoms. The molecular weight excluding hydrogens is 373 g/mol. The molecule has 28 heavy (non-hydrogen) atoms. The first-order chi connectivity index (χ1) is 13.4. The summed E-state index contributed by atoms with van der Waals surface area (Å²) in [7, 11) is -3.56. The van der Waals surface area contributed by atoms with Crippen molar-refractivity contribution in [2.75, 3.05) is 11.0 Å². The van der Waals surface area contributed by atoms with Gasteiger partial charge in [0.2, 0.25) is 10.0 Å². The van der Waals surface area contributed by atoms with Crippen LogP contribution in [0.1, 0.15) is 27.8 Å². The lowest BCUT2D eigenvalue weighted by Gasteiger charge is -2.13. The highest BCUT2D eigenvalue weighted by molar-refractivity contribution is 7.92. The van der Waals surface area contributed by atoms with Gasteiger partial charge >= 0.3 is 0 Å². The van der Waals surface area contributed by atoms with Gasteiger partial charge in [-0.15, -0.1) is 0 Å². The van der Waals surface area contributed by atoms with Crippen LogP contribution in [0.15, 0.2) is 66.7 Å². The number of anilines is 1. The Balaban J connectivity index is 1.89. The maximum atomic E-state index is 14.1. The monoisotopic (exact) mass is 393 g/mol. The summed E-state index contributed by atoms with van der Waals surface area (Å²) in [5, 5.41) is 0. The molecule has 0 radical (unpaired) electrons. The van der Waals surface area contributed by atoms with Crippen molar-refractivity contribution in [3.63, 3.8) is 0 Å². The molecule has 0 aromatic heterocycles. The highest BCUT2D eigenvalue weighted by Gasteiger charge is 2.18. The van der Waals surface area contributed by atoms with Crippen molar-refractivity contribution >= 4 is 27.4 Å². The van der Waals surface area contributed by atoms with Gasteiger partial charge in [-0.3, -0.25) is 4.72 Å². The van der Waals surface area contributed by atoms with E-state index in [1.807, 2.05) is 30.3 Å². The second-order valence-electron chi connectivity index (χ2n) is 6.99. The Morgan fingerprint density at radius 3 is 2.04 bits per heavy atom. The summed E-state index contributed by atoms with van der Waals surface area (Å²) >= 11 is 0. The molecule has 4 rings (SSSR count). The minimum absolute atomic E-state index is 0.0490. The quantitative estimate of drug-likeness (QED) is 0.689. The van der Waals surface area contributed by atoms with Crippen molar-refractivity contribution in [2.45, 2.75) is 12.8 Å². The van der Waals surface area contributed by atoms with Gasteiger partial charge in [0.25, 0.3) is 0 Å². The largest absolute Gasteiger partial charge is 0.281 e. The summed E-state index contributed by atoms with van der Waals surface area (Å²) in [6.45, 7) is 0. The molecule has 1 N–H and O–H groups in total. The van der Waals surface area contributed by atoms with Crippen molar-refractivity contribution in [1.29, 1.82) is 0 Å². The maximum absolute atomic E-state index is 14.1. The number of aryl methyl sites for hydroxylation is 2. The second-order valence-corrected chi connectivity index (χ2v) is 8.73. The van der Waals surface area contributed by atoms with E-state index in [0.29, 0.717) is 0 Å².